The van der Waals surface area contributed by atoms with Crippen LogP contribution in [-0.2, 0) is 0 Å². The van der Waals surface area contributed by atoms with Crippen LogP contribution < -0.4 is 0 Å². The van der Waals surface area contributed by atoms with Gasteiger partial charge < -0.3 is 5.11 Å². The number of phenols is 1. The Balaban J connectivity index is 1.99. The number of nitroso groups, excluding NO2 is 1. The van der Waals surface area contributed by atoms with E-state index >= 15 is 0 Å². The zero-order valence-corrected chi connectivity index (χ0v) is 11.0. The third kappa shape index (κ3) is 2.62. The Morgan fingerprint density at radius 2 is 1.38 bits per heavy atom. The number of azo groups is 1. The first-order chi connectivity index (χ1) is 10.3. The highest BCUT2D eigenvalue weighted by atomic mass is 16.3. The molecule has 102 valence electrons. The summed E-state index contributed by atoms with van der Waals surface area (Å²) in [4.78, 5) is 10.3. The zero-order valence-electron chi connectivity index (χ0n) is 11.0. The number of hydrogen-bond acceptors (Lipinski definition) is 5. The minimum Gasteiger partial charge on any atom is -0.507 e. The maximum absolute atomic E-state index is 10.3. The molecular weight excluding hydrogens is 266 g/mol. The number of rotatable bonds is 3. The van der Waals surface area contributed by atoms with Crippen molar-refractivity contribution in [3.8, 4) is 5.75 Å². The average Bonchev–Trinajstić information content (AvgIpc) is 2.55. The van der Waals surface area contributed by atoms with E-state index in [0.29, 0.717) is 17.1 Å². The molecule has 5 heteroatoms. The second-order valence-corrected chi connectivity index (χ2v) is 4.46. The first-order valence-corrected chi connectivity index (χ1v) is 6.34. The van der Waals surface area contributed by atoms with Gasteiger partial charge in [0, 0.05) is 10.8 Å². The molecule has 0 amide bonds. The standard InChI is InChI=1S/C16H11N3O2/c20-16-10-9-15(13-3-1-2-4-14(13)16)18-17-11-5-7-12(19-21)8-6-11/h1-10,20H. The number of fused-ring (bicyclic) bond motifs is 1. The lowest BCUT2D eigenvalue weighted by Gasteiger charge is -2.03. The van der Waals surface area contributed by atoms with Gasteiger partial charge in [0.1, 0.15) is 11.4 Å². The third-order valence-electron chi connectivity index (χ3n) is 3.11. The lowest BCUT2D eigenvalue weighted by atomic mass is 10.1. The third-order valence-corrected chi connectivity index (χ3v) is 3.11. The molecule has 0 aromatic heterocycles. The summed E-state index contributed by atoms with van der Waals surface area (Å²) < 4.78 is 0. The fraction of sp³-hybridized carbons (Fsp3) is 0. The predicted octanol–water partition coefficient (Wildman–Crippen LogP) is 5.36. The van der Waals surface area contributed by atoms with Gasteiger partial charge in [-0.3, -0.25) is 0 Å². The summed E-state index contributed by atoms with van der Waals surface area (Å²) in [6.07, 6.45) is 0. The van der Waals surface area contributed by atoms with E-state index in [0.717, 1.165) is 10.8 Å². The van der Waals surface area contributed by atoms with Crippen molar-refractivity contribution < 1.29 is 5.11 Å². The van der Waals surface area contributed by atoms with Crippen molar-refractivity contribution in [2.45, 2.75) is 0 Å². The first kappa shape index (κ1) is 12.9. The quantitative estimate of drug-likeness (QED) is 0.517. The maximum atomic E-state index is 10.3. The second-order valence-electron chi connectivity index (χ2n) is 4.46. The largest absolute Gasteiger partial charge is 0.507 e. The van der Waals surface area contributed by atoms with Gasteiger partial charge in [-0.15, -0.1) is 10.0 Å². The molecule has 0 aliphatic heterocycles. The summed E-state index contributed by atoms with van der Waals surface area (Å²) in [5.74, 6) is 0.214. The molecule has 3 aromatic rings. The van der Waals surface area contributed by atoms with Gasteiger partial charge >= 0.3 is 0 Å². The molecule has 1 N–H and O–H groups in total. The van der Waals surface area contributed by atoms with E-state index in [2.05, 4.69) is 15.4 Å². The van der Waals surface area contributed by atoms with Crippen molar-refractivity contribution in [2.24, 2.45) is 15.4 Å². The SMILES string of the molecule is O=Nc1ccc(N=Nc2ccc(O)c3ccccc23)cc1. The van der Waals surface area contributed by atoms with Crippen molar-refractivity contribution in [1.82, 2.24) is 0 Å². The van der Waals surface area contributed by atoms with Crippen LogP contribution in [0.4, 0.5) is 17.1 Å². The zero-order chi connectivity index (χ0) is 14.7. The van der Waals surface area contributed by atoms with E-state index in [4.69, 9.17) is 0 Å². The molecule has 5 nitrogen and oxygen atoms in total. The van der Waals surface area contributed by atoms with Gasteiger partial charge in [0.15, 0.2) is 0 Å². The topological polar surface area (TPSA) is 74.4 Å². The molecule has 0 fully saturated rings. The van der Waals surface area contributed by atoms with Crippen LogP contribution >= 0.6 is 0 Å². The van der Waals surface area contributed by atoms with Gasteiger partial charge in [0.2, 0.25) is 0 Å². The van der Waals surface area contributed by atoms with Gasteiger partial charge in [-0.05, 0) is 41.6 Å². The highest BCUT2D eigenvalue weighted by Crippen LogP contribution is 2.33. The molecule has 0 atom stereocenters. The number of nitrogens with zero attached hydrogens (tertiary/aromatic N) is 3. The first-order valence-electron chi connectivity index (χ1n) is 6.34. The highest BCUT2D eigenvalue weighted by molar-refractivity contribution is 5.96. The van der Waals surface area contributed by atoms with E-state index in [1.165, 1.54) is 0 Å². The highest BCUT2D eigenvalue weighted by Gasteiger charge is 2.03. The van der Waals surface area contributed by atoms with Gasteiger partial charge in [-0.25, -0.2) is 0 Å². The van der Waals surface area contributed by atoms with Crippen molar-refractivity contribution in [1.29, 1.82) is 0 Å². The summed E-state index contributed by atoms with van der Waals surface area (Å²) in [6, 6.07) is 17.2. The van der Waals surface area contributed by atoms with Crippen molar-refractivity contribution in [2.75, 3.05) is 0 Å². The fourth-order valence-electron chi connectivity index (χ4n) is 2.05. The smallest absolute Gasteiger partial charge is 0.123 e. The summed E-state index contributed by atoms with van der Waals surface area (Å²) in [7, 11) is 0. The molecule has 3 rings (SSSR count). The second kappa shape index (κ2) is 5.50. The number of benzene rings is 3. The normalized spacial score (nSPS) is 11.0. The van der Waals surface area contributed by atoms with Crippen LogP contribution in [0, 0.1) is 4.91 Å². The van der Waals surface area contributed by atoms with Crippen molar-refractivity contribution in [3.63, 3.8) is 0 Å². The average molecular weight is 277 g/mol. The summed E-state index contributed by atoms with van der Waals surface area (Å²) in [5, 5.41) is 22.6. The molecule has 0 aliphatic carbocycles. The van der Waals surface area contributed by atoms with Crippen LogP contribution in [0.5, 0.6) is 5.75 Å². The van der Waals surface area contributed by atoms with Crippen molar-refractivity contribution in [3.05, 3.63) is 65.6 Å². The van der Waals surface area contributed by atoms with Crippen LogP contribution in [0.2, 0.25) is 0 Å². The predicted molar refractivity (Wildman–Crippen MR) is 81.7 cm³/mol. The fourth-order valence-corrected chi connectivity index (χ4v) is 2.05. The molecule has 0 bridgehead atoms. The molecule has 0 radical (unpaired) electrons. The molecule has 3 aromatic carbocycles. The minimum absolute atomic E-state index is 0.214. The van der Waals surface area contributed by atoms with Crippen LogP contribution in [0.3, 0.4) is 0 Å². The van der Waals surface area contributed by atoms with Crippen LogP contribution in [-0.4, -0.2) is 5.11 Å². The van der Waals surface area contributed by atoms with Gasteiger partial charge in [0.25, 0.3) is 0 Å². The summed E-state index contributed by atoms with van der Waals surface area (Å²) in [6.45, 7) is 0. The molecule has 0 unspecified atom stereocenters. The monoisotopic (exact) mass is 277 g/mol. The Hall–Kier alpha value is -3.08. The van der Waals surface area contributed by atoms with E-state index in [1.807, 2.05) is 24.3 Å². The van der Waals surface area contributed by atoms with E-state index in [9.17, 15) is 10.0 Å². The minimum atomic E-state index is 0.214. The Morgan fingerprint density at radius 1 is 0.714 bits per heavy atom. The van der Waals surface area contributed by atoms with Gasteiger partial charge in [-0.2, -0.15) is 5.11 Å². The van der Waals surface area contributed by atoms with E-state index in [1.54, 1.807) is 36.4 Å². The summed E-state index contributed by atoms with van der Waals surface area (Å²) >= 11 is 0. The van der Waals surface area contributed by atoms with E-state index < -0.39 is 0 Å². The maximum Gasteiger partial charge on any atom is 0.123 e. The molecule has 0 spiro atoms. The molecular formula is C16H11N3O2. The van der Waals surface area contributed by atoms with Crippen molar-refractivity contribution >= 4 is 27.8 Å². The van der Waals surface area contributed by atoms with Gasteiger partial charge in [0.05, 0.1) is 11.4 Å². The molecule has 0 aliphatic rings. The number of hydrogen-bond donors (Lipinski definition) is 1. The Labute approximate surface area is 120 Å². The number of phenolic OH excluding ortho intramolecular Hbond substituents is 1. The molecule has 0 saturated heterocycles. The van der Waals surface area contributed by atoms with Crippen LogP contribution in [0.1, 0.15) is 0 Å². The van der Waals surface area contributed by atoms with Crippen LogP contribution in [0.15, 0.2) is 76.1 Å². The van der Waals surface area contributed by atoms with E-state index in [-0.39, 0.29) is 5.75 Å². The molecule has 21 heavy (non-hydrogen) atoms. The summed E-state index contributed by atoms with van der Waals surface area (Å²) in [5.41, 5.74) is 1.64. The lowest BCUT2D eigenvalue weighted by Crippen LogP contribution is -1.74. The Kier molecular flexibility index (Phi) is 3.39. The Bertz CT molecular complexity index is 827. The van der Waals surface area contributed by atoms with Crippen LogP contribution in [0.25, 0.3) is 10.8 Å². The Morgan fingerprint density at radius 3 is 2.10 bits per heavy atom. The number of aromatic hydroxyl groups is 1. The molecule has 0 heterocycles. The molecule has 0 saturated carbocycles. The van der Waals surface area contributed by atoms with Gasteiger partial charge in [-0.1, -0.05) is 24.3 Å². The lowest BCUT2D eigenvalue weighted by molar-refractivity contribution is 0.481.